The molecular formula is C16H15ClN2O3S. The van der Waals surface area contributed by atoms with E-state index in [9.17, 15) is 13.2 Å². The molecule has 1 atom stereocenters. The minimum absolute atomic E-state index is 0.234. The molecular weight excluding hydrogens is 336 g/mol. The van der Waals surface area contributed by atoms with Crippen LogP contribution in [0.2, 0.25) is 5.02 Å². The molecule has 0 bridgehead atoms. The van der Waals surface area contributed by atoms with Gasteiger partial charge in [-0.1, -0.05) is 35.9 Å². The maximum absolute atomic E-state index is 12.0. The lowest BCUT2D eigenvalue weighted by Gasteiger charge is -2.11. The topological polar surface area (TPSA) is 71.9 Å². The Morgan fingerprint density at radius 1 is 1.09 bits per heavy atom. The normalized spacial score (nSPS) is 12.8. The Kier molecular flexibility index (Phi) is 4.54. The van der Waals surface area contributed by atoms with E-state index in [0.717, 1.165) is 11.0 Å². The average molecular weight is 351 g/mol. The second kappa shape index (κ2) is 6.60. The zero-order valence-electron chi connectivity index (χ0n) is 12.1. The summed E-state index contributed by atoms with van der Waals surface area (Å²) in [4.78, 5) is 14.8. The number of hydrogen-bond donors (Lipinski definition) is 2. The van der Waals surface area contributed by atoms with E-state index in [1.54, 1.807) is 28.8 Å². The summed E-state index contributed by atoms with van der Waals surface area (Å²) < 4.78 is 24.8. The van der Waals surface area contributed by atoms with Gasteiger partial charge in [-0.3, -0.25) is 4.57 Å². The van der Waals surface area contributed by atoms with Crippen molar-refractivity contribution < 1.29 is 8.42 Å². The minimum Gasteiger partial charge on any atom is -0.306 e. The first-order valence-electron chi connectivity index (χ1n) is 7.13. The van der Waals surface area contributed by atoms with Gasteiger partial charge >= 0.3 is 5.69 Å². The highest BCUT2D eigenvalue weighted by molar-refractivity contribution is 7.72. The Morgan fingerprint density at radius 3 is 2.48 bits per heavy atom. The maximum Gasteiger partial charge on any atom is 0.326 e. The number of hydrogen-bond acceptors (Lipinski definition) is 3. The first kappa shape index (κ1) is 15.8. The van der Waals surface area contributed by atoms with E-state index in [-0.39, 0.29) is 5.69 Å². The average Bonchev–Trinajstić information content (AvgIpc) is 2.85. The number of nitrogens with zero attached hydrogens (tertiary/aromatic N) is 1. The number of benzene rings is 2. The molecule has 7 heteroatoms. The summed E-state index contributed by atoms with van der Waals surface area (Å²) in [6, 6.07) is 14.1. The summed E-state index contributed by atoms with van der Waals surface area (Å²) in [5.74, 6) is 0. The molecule has 0 saturated carbocycles. The predicted octanol–water partition coefficient (Wildman–Crippen LogP) is 2.73. The number of H-pyrrole nitrogens is 1. The van der Waals surface area contributed by atoms with Crippen LogP contribution in [-0.2, 0) is 17.2 Å². The SMILES string of the molecule is O=c1[nH]c2ccccc2n1CCC(c1ccc(Cl)cc1)[SH](=O)=O. The fourth-order valence-electron chi connectivity index (χ4n) is 2.66. The summed E-state index contributed by atoms with van der Waals surface area (Å²) in [5.41, 5.74) is 1.96. The van der Waals surface area contributed by atoms with Crippen molar-refractivity contribution in [2.75, 3.05) is 0 Å². The van der Waals surface area contributed by atoms with E-state index in [1.807, 2.05) is 24.3 Å². The predicted molar refractivity (Wildman–Crippen MR) is 91.7 cm³/mol. The van der Waals surface area contributed by atoms with Crippen LogP contribution in [0.1, 0.15) is 17.2 Å². The molecule has 0 aliphatic rings. The van der Waals surface area contributed by atoms with Crippen LogP contribution in [0.15, 0.2) is 53.3 Å². The third-order valence-corrected chi connectivity index (χ3v) is 5.13. The first-order chi connectivity index (χ1) is 11.1. The Balaban J connectivity index is 1.88. The van der Waals surface area contributed by atoms with Crippen LogP contribution in [0, 0.1) is 0 Å². The number of imidazole rings is 1. The van der Waals surface area contributed by atoms with Gasteiger partial charge in [0.1, 0.15) is 10.7 Å². The molecule has 0 aliphatic carbocycles. The molecule has 0 spiro atoms. The van der Waals surface area contributed by atoms with E-state index in [2.05, 4.69) is 4.98 Å². The fraction of sp³-hybridized carbons (Fsp3) is 0.188. The number of aryl methyl sites for hydroxylation is 1. The summed E-state index contributed by atoms with van der Waals surface area (Å²) in [5, 5.41) is -0.0932. The lowest BCUT2D eigenvalue weighted by Crippen LogP contribution is -2.18. The van der Waals surface area contributed by atoms with Gasteiger partial charge in [0.25, 0.3) is 0 Å². The van der Waals surface area contributed by atoms with Gasteiger partial charge in [0, 0.05) is 11.6 Å². The van der Waals surface area contributed by atoms with Crippen molar-refractivity contribution in [3.63, 3.8) is 0 Å². The minimum atomic E-state index is -2.65. The van der Waals surface area contributed by atoms with Gasteiger partial charge in [0.15, 0.2) is 0 Å². The number of para-hydroxylation sites is 2. The number of aromatic amines is 1. The first-order valence-corrected chi connectivity index (χ1v) is 8.75. The second-order valence-corrected chi connectivity index (χ2v) is 6.87. The van der Waals surface area contributed by atoms with Crippen molar-refractivity contribution >= 4 is 33.3 Å². The van der Waals surface area contributed by atoms with Gasteiger partial charge in [-0.15, -0.1) is 0 Å². The van der Waals surface area contributed by atoms with Crippen LogP contribution in [-0.4, -0.2) is 18.0 Å². The Bertz CT molecular complexity index is 949. The lowest BCUT2D eigenvalue weighted by molar-refractivity contribution is 0.574. The Labute approximate surface area is 139 Å². The molecule has 120 valence electrons. The van der Waals surface area contributed by atoms with E-state index in [1.165, 1.54) is 0 Å². The van der Waals surface area contributed by atoms with Crippen molar-refractivity contribution in [1.82, 2.24) is 9.55 Å². The second-order valence-electron chi connectivity index (χ2n) is 5.24. The van der Waals surface area contributed by atoms with Crippen LogP contribution in [0.3, 0.4) is 0 Å². The highest BCUT2D eigenvalue weighted by atomic mass is 35.5. The zero-order valence-corrected chi connectivity index (χ0v) is 13.8. The maximum atomic E-state index is 12.0. The van der Waals surface area contributed by atoms with E-state index in [0.29, 0.717) is 23.6 Å². The summed E-state index contributed by atoms with van der Waals surface area (Å²) >= 11 is 5.84. The van der Waals surface area contributed by atoms with E-state index in [4.69, 9.17) is 11.6 Å². The van der Waals surface area contributed by atoms with Crippen LogP contribution in [0.4, 0.5) is 0 Å². The molecule has 23 heavy (non-hydrogen) atoms. The van der Waals surface area contributed by atoms with Crippen LogP contribution in [0.5, 0.6) is 0 Å². The molecule has 1 aromatic heterocycles. The van der Waals surface area contributed by atoms with Gasteiger partial charge < -0.3 is 4.98 Å². The van der Waals surface area contributed by atoms with Crippen LogP contribution < -0.4 is 5.69 Å². The quantitative estimate of drug-likeness (QED) is 0.695. The third kappa shape index (κ3) is 3.33. The molecule has 2 aromatic carbocycles. The lowest BCUT2D eigenvalue weighted by atomic mass is 10.1. The largest absolute Gasteiger partial charge is 0.326 e. The molecule has 0 aliphatic heterocycles. The molecule has 0 radical (unpaired) electrons. The number of aromatic nitrogens is 2. The summed E-state index contributed by atoms with van der Waals surface area (Å²) in [6.45, 7) is 0.319. The number of rotatable bonds is 5. The molecule has 0 amide bonds. The molecule has 0 fully saturated rings. The number of nitrogens with one attached hydrogen (secondary N) is 1. The molecule has 5 nitrogen and oxygen atoms in total. The Morgan fingerprint density at radius 2 is 1.78 bits per heavy atom. The van der Waals surface area contributed by atoms with E-state index < -0.39 is 16.0 Å². The van der Waals surface area contributed by atoms with E-state index >= 15 is 0 Å². The third-order valence-electron chi connectivity index (χ3n) is 3.82. The monoisotopic (exact) mass is 350 g/mol. The number of thiol groups is 1. The standard InChI is InChI=1S/C16H15ClN2O3S/c17-12-7-5-11(6-8-12)15(23(21)22)9-10-19-14-4-2-1-3-13(14)18-16(19)20/h1-8,15,23H,9-10H2,(H,18,20). The number of fused-ring (bicyclic) bond motifs is 1. The smallest absolute Gasteiger partial charge is 0.306 e. The van der Waals surface area contributed by atoms with Crippen molar-refractivity contribution in [3.05, 3.63) is 69.6 Å². The molecule has 1 unspecified atom stereocenters. The highest BCUT2D eigenvalue weighted by Gasteiger charge is 2.16. The summed E-state index contributed by atoms with van der Waals surface area (Å²) in [7, 11) is -2.65. The molecule has 1 heterocycles. The molecule has 1 N–H and O–H groups in total. The molecule has 3 rings (SSSR count). The fourth-order valence-corrected chi connectivity index (χ4v) is 3.53. The van der Waals surface area contributed by atoms with Crippen molar-refractivity contribution in [2.45, 2.75) is 18.2 Å². The zero-order chi connectivity index (χ0) is 16.4. The van der Waals surface area contributed by atoms with Crippen LogP contribution in [0.25, 0.3) is 11.0 Å². The number of halogens is 1. The molecule has 0 saturated heterocycles. The van der Waals surface area contributed by atoms with Gasteiger partial charge in [0.05, 0.1) is 16.3 Å². The van der Waals surface area contributed by atoms with Gasteiger partial charge in [0.2, 0.25) is 0 Å². The van der Waals surface area contributed by atoms with Crippen molar-refractivity contribution in [2.24, 2.45) is 0 Å². The Hall–Kier alpha value is -2.05. The van der Waals surface area contributed by atoms with Crippen LogP contribution >= 0.6 is 11.6 Å². The molecule has 3 aromatic rings. The van der Waals surface area contributed by atoms with Gasteiger partial charge in [-0.25, -0.2) is 13.2 Å². The van der Waals surface area contributed by atoms with Crippen molar-refractivity contribution in [1.29, 1.82) is 0 Å². The summed E-state index contributed by atoms with van der Waals surface area (Å²) in [6.07, 6.45) is 0.322. The van der Waals surface area contributed by atoms with Crippen molar-refractivity contribution in [3.8, 4) is 0 Å². The van der Waals surface area contributed by atoms with Gasteiger partial charge in [-0.2, -0.15) is 0 Å². The van der Waals surface area contributed by atoms with Gasteiger partial charge in [-0.05, 0) is 36.2 Å². The highest BCUT2D eigenvalue weighted by Crippen LogP contribution is 2.23.